The SMILES string of the molecule is CCOc1ccc(C(=O)NNC(=O)c2ccc(NS(=O)(=O)c3ccc(C)c([N+](=O)[O-])c3)cc2)cc1. The van der Waals surface area contributed by atoms with Gasteiger partial charge in [0.05, 0.1) is 16.4 Å². The largest absolute Gasteiger partial charge is 0.494 e. The number of ether oxygens (including phenoxy) is 1. The molecule has 0 aromatic heterocycles. The van der Waals surface area contributed by atoms with Gasteiger partial charge in [0.25, 0.3) is 27.5 Å². The maximum atomic E-state index is 12.6. The van der Waals surface area contributed by atoms with E-state index in [9.17, 15) is 28.1 Å². The molecule has 0 atom stereocenters. The number of carbonyl (C=O) groups is 2. The Kier molecular flexibility index (Phi) is 7.66. The van der Waals surface area contributed by atoms with Crippen LogP contribution in [0.5, 0.6) is 5.75 Å². The summed E-state index contributed by atoms with van der Waals surface area (Å²) < 4.78 is 32.8. The van der Waals surface area contributed by atoms with Gasteiger partial charge < -0.3 is 4.74 Å². The van der Waals surface area contributed by atoms with Crippen molar-refractivity contribution in [1.82, 2.24) is 10.9 Å². The molecule has 0 unspecified atom stereocenters. The van der Waals surface area contributed by atoms with Crippen LogP contribution < -0.4 is 20.3 Å². The number of sulfonamides is 1. The van der Waals surface area contributed by atoms with E-state index in [1.807, 2.05) is 6.92 Å². The Morgan fingerprint density at radius 3 is 1.97 bits per heavy atom. The van der Waals surface area contributed by atoms with Gasteiger partial charge in [-0.05, 0) is 68.4 Å². The number of benzene rings is 3. The maximum absolute atomic E-state index is 12.6. The van der Waals surface area contributed by atoms with Crippen molar-refractivity contribution in [2.24, 2.45) is 0 Å². The number of hydrazine groups is 1. The summed E-state index contributed by atoms with van der Waals surface area (Å²) in [6.45, 7) is 3.85. The first-order valence-corrected chi connectivity index (χ1v) is 11.8. The molecule has 0 radical (unpaired) electrons. The number of carbonyl (C=O) groups excluding carboxylic acids is 2. The molecule has 0 fully saturated rings. The highest BCUT2D eigenvalue weighted by molar-refractivity contribution is 7.92. The van der Waals surface area contributed by atoms with Gasteiger partial charge in [-0.3, -0.25) is 35.3 Å². The third-order valence-corrected chi connectivity index (χ3v) is 6.18. The van der Waals surface area contributed by atoms with Gasteiger partial charge in [0.2, 0.25) is 0 Å². The van der Waals surface area contributed by atoms with E-state index >= 15 is 0 Å². The quantitative estimate of drug-likeness (QED) is 0.318. The molecular formula is C23H22N4O7S. The molecule has 0 aliphatic carbocycles. The molecule has 11 nitrogen and oxygen atoms in total. The van der Waals surface area contributed by atoms with Crippen LogP contribution in [-0.2, 0) is 10.0 Å². The van der Waals surface area contributed by atoms with E-state index in [-0.39, 0.29) is 21.8 Å². The van der Waals surface area contributed by atoms with Gasteiger partial charge in [-0.25, -0.2) is 8.42 Å². The monoisotopic (exact) mass is 498 g/mol. The number of amides is 2. The van der Waals surface area contributed by atoms with Crippen LogP contribution in [0, 0.1) is 17.0 Å². The molecule has 0 bridgehead atoms. The lowest BCUT2D eigenvalue weighted by molar-refractivity contribution is -0.385. The average Bonchev–Trinajstić information content (AvgIpc) is 2.83. The topological polar surface area (TPSA) is 157 Å². The molecule has 182 valence electrons. The number of nitrogens with one attached hydrogen (secondary N) is 3. The summed E-state index contributed by atoms with van der Waals surface area (Å²) >= 11 is 0. The zero-order valence-corrected chi connectivity index (χ0v) is 19.6. The standard InChI is InChI=1S/C23H22N4O7S/c1-3-34-19-11-7-17(8-12-19)23(29)25-24-22(28)16-5-9-18(10-6-16)26-35(32,33)20-13-4-15(2)21(14-20)27(30)31/h4-14,26H,3H2,1-2H3,(H,24,28)(H,25,29). The van der Waals surface area contributed by atoms with Crippen LogP contribution in [0.2, 0.25) is 0 Å². The van der Waals surface area contributed by atoms with Crippen molar-refractivity contribution in [2.45, 2.75) is 18.7 Å². The second-order valence-corrected chi connectivity index (χ2v) is 8.94. The van der Waals surface area contributed by atoms with E-state index in [0.717, 1.165) is 6.07 Å². The highest BCUT2D eigenvalue weighted by Gasteiger charge is 2.20. The minimum Gasteiger partial charge on any atom is -0.494 e. The molecule has 12 heteroatoms. The number of rotatable bonds is 8. The summed E-state index contributed by atoms with van der Waals surface area (Å²) in [6.07, 6.45) is 0. The lowest BCUT2D eigenvalue weighted by Gasteiger charge is -2.10. The van der Waals surface area contributed by atoms with E-state index in [0.29, 0.717) is 23.5 Å². The minimum absolute atomic E-state index is 0.142. The first kappa shape index (κ1) is 25.2. The number of nitro benzene ring substituents is 1. The second-order valence-electron chi connectivity index (χ2n) is 7.25. The Labute approximate surface area is 201 Å². The van der Waals surface area contributed by atoms with Gasteiger partial charge in [-0.1, -0.05) is 6.07 Å². The van der Waals surface area contributed by atoms with Crippen molar-refractivity contribution < 1.29 is 27.7 Å². The summed E-state index contributed by atoms with van der Waals surface area (Å²) in [4.78, 5) is 34.7. The van der Waals surface area contributed by atoms with Crippen LogP contribution in [-0.4, -0.2) is 31.8 Å². The Hall–Kier alpha value is -4.45. The fourth-order valence-corrected chi connectivity index (χ4v) is 4.06. The predicted octanol–water partition coefficient (Wildman–Crippen LogP) is 3.18. The van der Waals surface area contributed by atoms with E-state index in [4.69, 9.17) is 4.74 Å². The second kappa shape index (κ2) is 10.7. The number of hydrogen-bond acceptors (Lipinski definition) is 7. The van der Waals surface area contributed by atoms with E-state index in [1.165, 1.54) is 43.3 Å². The predicted molar refractivity (Wildman–Crippen MR) is 128 cm³/mol. The molecule has 2 amide bonds. The molecule has 35 heavy (non-hydrogen) atoms. The third-order valence-electron chi connectivity index (χ3n) is 4.80. The van der Waals surface area contributed by atoms with Crippen molar-refractivity contribution >= 4 is 33.2 Å². The van der Waals surface area contributed by atoms with Crippen molar-refractivity contribution in [3.63, 3.8) is 0 Å². The molecule has 0 spiro atoms. The van der Waals surface area contributed by atoms with E-state index in [1.54, 1.807) is 24.3 Å². The molecule has 0 heterocycles. The van der Waals surface area contributed by atoms with E-state index in [2.05, 4.69) is 15.6 Å². The lowest BCUT2D eigenvalue weighted by atomic mass is 10.2. The molecule has 0 aliphatic rings. The first-order chi connectivity index (χ1) is 16.6. The van der Waals surface area contributed by atoms with Crippen molar-refractivity contribution in [2.75, 3.05) is 11.3 Å². The van der Waals surface area contributed by atoms with Crippen LogP contribution in [0.25, 0.3) is 0 Å². The number of nitro groups is 1. The minimum atomic E-state index is -4.10. The third kappa shape index (κ3) is 6.32. The Bertz CT molecular complexity index is 1360. The summed E-state index contributed by atoms with van der Waals surface area (Å²) in [6, 6.07) is 15.4. The molecule has 3 aromatic rings. The number of aryl methyl sites for hydroxylation is 1. The summed E-state index contributed by atoms with van der Waals surface area (Å²) in [7, 11) is -4.10. The lowest BCUT2D eigenvalue weighted by Crippen LogP contribution is -2.41. The van der Waals surface area contributed by atoms with Gasteiger partial charge in [0, 0.05) is 28.4 Å². The van der Waals surface area contributed by atoms with Gasteiger partial charge in [-0.2, -0.15) is 0 Å². The maximum Gasteiger partial charge on any atom is 0.273 e. The Balaban J connectivity index is 1.62. The molecule has 0 aliphatic heterocycles. The summed E-state index contributed by atoms with van der Waals surface area (Å²) in [5, 5.41) is 11.1. The van der Waals surface area contributed by atoms with Crippen molar-refractivity contribution in [1.29, 1.82) is 0 Å². The normalized spacial score (nSPS) is 10.8. The van der Waals surface area contributed by atoms with Gasteiger partial charge in [0.15, 0.2) is 0 Å². The van der Waals surface area contributed by atoms with Gasteiger partial charge in [0.1, 0.15) is 5.75 Å². The molecule has 3 rings (SSSR count). The van der Waals surface area contributed by atoms with Crippen molar-refractivity contribution in [3.8, 4) is 5.75 Å². The molecule has 3 N–H and O–H groups in total. The Morgan fingerprint density at radius 1 is 0.914 bits per heavy atom. The molecule has 3 aromatic carbocycles. The van der Waals surface area contributed by atoms with Crippen LogP contribution in [0.3, 0.4) is 0 Å². The average molecular weight is 499 g/mol. The number of anilines is 1. The smallest absolute Gasteiger partial charge is 0.273 e. The van der Waals surface area contributed by atoms with Crippen LogP contribution in [0.15, 0.2) is 71.6 Å². The summed E-state index contributed by atoms with van der Waals surface area (Å²) in [5.74, 6) is -0.532. The molecule has 0 saturated carbocycles. The van der Waals surface area contributed by atoms with Gasteiger partial charge >= 0.3 is 0 Å². The fraction of sp³-hybridized carbons (Fsp3) is 0.130. The zero-order valence-electron chi connectivity index (χ0n) is 18.8. The van der Waals surface area contributed by atoms with Crippen LogP contribution in [0.1, 0.15) is 33.2 Å². The molecular weight excluding hydrogens is 476 g/mol. The summed E-state index contributed by atoms with van der Waals surface area (Å²) in [5.41, 5.74) is 5.21. The highest BCUT2D eigenvalue weighted by Crippen LogP contribution is 2.24. The number of hydrogen-bond donors (Lipinski definition) is 3. The highest BCUT2D eigenvalue weighted by atomic mass is 32.2. The zero-order chi connectivity index (χ0) is 25.6. The molecule has 0 saturated heterocycles. The Morgan fingerprint density at radius 2 is 1.46 bits per heavy atom. The number of nitrogens with zero attached hydrogens (tertiary/aromatic N) is 1. The van der Waals surface area contributed by atoms with E-state index < -0.39 is 26.8 Å². The van der Waals surface area contributed by atoms with Crippen molar-refractivity contribution in [3.05, 3.63) is 93.5 Å². The van der Waals surface area contributed by atoms with Crippen LogP contribution in [0.4, 0.5) is 11.4 Å². The van der Waals surface area contributed by atoms with Crippen LogP contribution >= 0.6 is 0 Å². The fourth-order valence-electron chi connectivity index (χ4n) is 2.98. The first-order valence-electron chi connectivity index (χ1n) is 10.3. The van der Waals surface area contributed by atoms with Gasteiger partial charge in [-0.15, -0.1) is 0 Å².